The van der Waals surface area contributed by atoms with Gasteiger partial charge in [0.05, 0.1) is 29.1 Å². The molecule has 1 unspecified atom stereocenters. The smallest absolute Gasteiger partial charge is 0.319 e. The van der Waals surface area contributed by atoms with E-state index < -0.39 is 17.5 Å². The minimum absolute atomic E-state index is 0.0417. The number of alkyl halides is 2. The van der Waals surface area contributed by atoms with E-state index >= 15 is 0 Å². The maximum absolute atomic E-state index is 13.4. The van der Waals surface area contributed by atoms with E-state index in [1.54, 1.807) is 0 Å². The van der Waals surface area contributed by atoms with Crippen molar-refractivity contribution in [3.8, 4) is 0 Å². The minimum Gasteiger partial charge on any atom is -0.351 e. The van der Waals surface area contributed by atoms with E-state index in [1.165, 1.54) is 26.5 Å². The van der Waals surface area contributed by atoms with Gasteiger partial charge in [0.25, 0.3) is 0 Å². The Kier molecular flexibility index (Phi) is 6.36. The Hall–Kier alpha value is -2.67. The van der Waals surface area contributed by atoms with Crippen LogP contribution in [-0.4, -0.2) is 32.1 Å². The SMILES string of the molecule is CC[C@]1(c2nc3ccccc3n2C)CC[C@@](C)(CN(C(N)=O)c2cnc(C(F)(F)P)nc2)CC1. The van der Waals surface area contributed by atoms with Gasteiger partial charge in [-0.2, -0.15) is 8.78 Å². The number of primary amides is 1. The summed E-state index contributed by atoms with van der Waals surface area (Å²) >= 11 is 0. The van der Waals surface area contributed by atoms with Crippen LogP contribution in [0.15, 0.2) is 36.7 Å². The van der Waals surface area contributed by atoms with E-state index in [1.807, 2.05) is 18.2 Å². The third-order valence-electron chi connectivity index (χ3n) is 7.41. The molecule has 3 aromatic rings. The molecule has 1 saturated carbocycles. The highest BCUT2D eigenvalue weighted by Crippen LogP contribution is 2.49. The monoisotopic (exact) mass is 488 g/mol. The third-order valence-corrected chi connectivity index (χ3v) is 7.66. The molecule has 0 spiro atoms. The number of nitrogens with two attached hydrogens (primary N) is 1. The zero-order chi connectivity index (χ0) is 24.7. The van der Waals surface area contributed by atoms with E-state index in [-0.39, 0.29) is 10.8 Å². The van der Waals surface area contributed by atoms with Crippen LogP contribution in [0.1, 0.15) is 57.6 Å². The number of anilines is 1. The van der Waals surface area contributed by atoms with Crippen LogP contribution >= 0.6 is 9.24 Å². The molecule has 2 N–H and O–H groups in total. The van der Waals surface area contributed by atoms with Crippen molar-refractivity contribution in [2.75, 3.05) is 11.4 Å². The van der Waals surface area contributed by atoms with Crippen LogP contribution in [0.3, 0.4) is 0 Å². The van der Waals surface area contributed by atoms with Crippen molar-refractivity contribution in [1.29, 1.82) is 0 Å². The summed E-state index contributed by atoms with van der Waals surface area (Å²) in [5.41, 5.74) is 4.64. The number of para-hydroxylation sites is 2. The summed E-state index contributed by atoms with van der Waals surface area (Å²) in [4.78, 5) is 26.1. The van der Waals surface area contributed by atoms with E-state index in [9.17, 15) is 13.6 Å². The molecule has 4 rings (SSSR count). The average Bonchev–Trinajstić information content (AvgIpc) is 3.15. The second-order valence-corrected chi connectivity index (χ2v) is 10.5. The Morgan fingerprint density at radius 2 is 1.82 bits per heavy atom. The van der Waals surface area contributed by atoms with Crippen molar-refractivity contribution in [3.05, 3.63) is 48.3 Å². The largest absolute Gasteiger partial charge is 0.351 e. The van der Waals surface area contributed by atoms with Gasteiger partial charge in [-0.05, 0) is 49.7 Å². The first-order chi connectivity index (χ1) is 16.0. The molecule has 1 aromatic carbocycles. The Morgan fingerprint density at radius 1 is 1.21 bits per heavy atom. The van der Waals surface area contributed by atoms with Gasteiger partial charge < -0.3 is 10.3 Å². The van der Waals surface area contributed by atoms with Gasteiger partial charge in [-0.3, -0.25) is 4.90 Å². The van der Waals surface area contributed by atoms with Crippen molar-refractivity contribution < 1.29 is 13.6 Å². The van der Waals surface area contributed by atoms with Crippen molar-refractivity contribution in [1.82, 2.24) is 19.5 Å². The number of amides is 2. The highest BCUT2D eigenvalue weighted by molar-refractivity contribution is 7.17. The summed E-state index contributed by atoms with van der Waals surface area (Å²) in [5, 5.41) is 0. The van der Waals surface area contributed by atoms with Crippen LogP contribution in [0.5, 0.6) is 0 Å². The summed E-state index contributed by atoms with van der Waals surface area (Å²) in [6, 6.07) is 7.51. The topological polar surface area (TPSA) is 89.9 Å². The third kappa shape index (κ3) is 4.50. The fourth-order valence-corrected chi connectivity index (χ4v) is 5.31. The highest BCUT2D eigenvalue weighted by atomic mass is 31.0. The molecule has 0 saturated heterocycles. The van der Waals surface area contributed by atoms with Crippen molar-refractivity contribution in [2.45, 2.75) is 57.0 Å². The fourth-order valence-electron chi connectivity index (χ4n) is 5.16. The summed E-state index contributed by atoms with van der Waals surface area (Å²) in [6.45, 7) is 4.71. The molecule has 182 valence electrons. The summed E-state index contributed by atoms with van der Waals surface area (Å²) < 4.78 is 29.1. The molecule has 1 aliphatic rings. The zero-order valence-electron chi connectivity index (χ0n) is 19.8. The Morgan fingerprint density at radius 3 is 2.35 bits per heavy atom. The number of imidazole rings is 1. The Labute approximate surface area is 200 Å². The number of carbonyl (C=O) groups is 1. The first-order valence-electron chi connectivity index (χ1n) is 11.5. The van der Waals surface area contributed by atoms with Crippen LogP contribution in [0.4, 0.5) is 19.3 Å². The number of hydrogen-bond acceptors (Lipinski definition) is 4. The van der Waals surface area contributed by atoms with Gasteiger partial charge >= 0.3 is 11.7 Å². The predicted molar refractivity (Wildman–Crippen MR) is 132 cm³/mol. The average molecular weight is 489 g/mol. The number of rotatable bonds is 6. The molecule has 1 aliphatic carbocycles. The van der Waals surface area contributed by atoms with E-state index in [2.05, 4.69) is 41.5 Å². The van der Waals surface area contributed by atoms with E-state index in [0.717, 1.165) is 49.0 Å². The fraction of sp³-hybridized carbons (Fsp3) is 0.500. The number of halogens is 2. The number of carbonyl (C=O) groups excluding carboxylic acids is 1. The first kappa shape index (κ1) is 24.5. The summed E-state index contributed by atoms with van der Waals surface area (Å²) in [7, 11) is 3.48. The molecular formula is C24H31F2N6OP. The molecule has 2 aromatic heterocycles. The number of nitrogens with zero attached hydrogens (tertiary/aromatic N) is 5. The minimum atomic E-state index is -3.23. The Balaban J connectivity index is 1.55. The lowest BCUT2D eigenvalue weighted by Crippen LogP contribution is -2.47. The lowest BCUT2D eigenvalue weighted by molar-refractivity contribution is 0.0930. The van der Waals surface area contributed by atoms with Crippen molar-refractivity contribution in [3.63, 3.8) is 0 Å². The second kappa shape index (κ2) is 8.84. The second-order valence-electron chi connectivity index (χ2n) is 9.74. The number of aryl methyl sites for hydroxylation is 1. The maximum Gasteiger partial charge on any atom is 0.319 e. The van der Waals surface area contributed by atoms with Gasteiger partial charge in [0.2, 0.25) is 5.82 Å². The van der Waals surface area contributed by atoms with Crippen molar-refractivity contribution in [2.24, 2.45) is 18.2 Å². The van der Waals surface area contributed by atoms with Crippen LogP contribution in [0.25, 0.3) is 11.0 Å². The van der Waals surface area contributed by atoms with Crippen LogP contribution in [0, 0.1) is 5.41 Å². The van der Waals surface area contributed by atoms with Crippen LogP contribution < -0.4 is 10.6 Å². The van der Waals surface area contributed by atoms with E-state index in [4.69, 9.17) is 10.7 Å². The molecule has 0 radical (unpaired) electrons. The first-order valence-corrected chi connectivity index (χ1v) is 12.0. The summed E-state index contributed by atoms with van der Waals surface area (Å²) in [6.07, 6.45) is 7.03. The normalized spacial score (nSPS) is 23.2. The lowest BCUT2D eigenvalue weighted by Gasteiger charge is -2.45. The molecule has 34 heavy (non-hydrogen) atoms. The van der Waals surface area contributed by atoms with Crippen molar-refractivity contribution >= 4 is 32.0 Å². The van der Waals surface area contributed by atoms with Crippen LogP contribution in [-0.2, 0) is 18.1 Å². The number of urea groups is 1. The number of fused-ring (bicyclic) bond motifs is 1. The van der Waals surface area contributed by atoms with Gasteiger partial charge in [-0.1, -0.05) is 35.2 Å². The molecule has 1 atom stereocenters. The standard InChI is InChI=1S/C24H31F2N6OP/c1-4-23(20-30-17-7-5-6-8-18(17)31(20)3)11-9-22(2,10-12-23)15-32(21(27)33)16-13-28-19(29-14-16)24(25,26)34/h5-8,13-14H,4,9-12,15,34H2,1-3H3,(H2,27,33)/t22-,23+. The van der Waals surface area contributed by atoms with Crippen LogP contribution in [0.2, 0.25) is 0 Å². The van der Waals surface area contributed by atoms with Gasteiger partial charge in [0.1, 0.15) is 5.82 Å². The number of hydrogen-bond donors (Lipinski definition) is 1. The summed E-state index contributed by atoms with van der Waals surface area (Å²) in [5.74, 6) is 0.483. The highest BCUT2D eigenvalue weighted by Gasteiger charge is 2.44. The number of benzene rings is 1. The molecule has 2 amide bonds. The molecule has 0 bridgehead atoms. The molecule has 0 aliphatic heterocycles. The zero-order valence-corrected chi connectivity index (χ0v) is 20.9. The lowest BCUT2D eigenvalue weighted by atomic mass is 9.62. The Bertz CT molecular complexity index is 1180. The van der Waals surface area contributed by atoms with E-state index in [0.29, 0.717) is 12.2 Å². The predicted octanol–water partition coefficient (Wildman–Crippen LogP) is 5.10. The molecule has 7 nitrogen and oxygen atoms in total. The molecular weight excluding hydrogens is 457 g/mol. The number of aromatic nitrogens is 4. The quantitative estimate of drug-likeness (QED) is 0.489. The molecule has 2 heterocycles. The molecule has 10 heteroatoms. The van der Waals surface area contributed by atoms with Gasteiger partial charge in [0.15, 0.2) is 0 Å². The molecule has 1 fully saturated rings. The maximum atomic E-state index is 13.4. The van der Waals surface area contributed by atoms with Gasteiger partial charge in [0, 0.05) is 19.0 Å². The van der Waals surface area contributed by atoms with Gasteiger partial charge in [-0.25, -0.2) is 19.7 Å². The van der Waals surface area contributed by atoms with Gasteiger partial charge in [-0.15, -0.1) is 0 Å².